The van der Waals surface area contributed by atoms with E-state index < -0.39 is 0 Å². The van der Waals surface area contributed by atoms with Crippen LogP contribution in [0.2, 0.25) is 0 Å². The van der Waals surface area contributed by atoms with Gasteiger partial charge >= 0.3 is 0 Å². The van der Waals surface area contributed by atoms with Crippen molar-refractivity contribution in [2.24, 2.45) is 0 Å². The minimum absolute atomic E-state index is 0.393. The summed E-state index contributed by atoms with van der Waals surface area (Å²) in [5, 5.41) is 11.3. The lowest BCUT2D eigenvalue weighted by Gasteiger charge is -1.96. The van der Waals surface area contributed by atoms with E-state index in [1.807, 2.05) is 5.38 Å². The maximum absolute atomic E-state index is 8.43. The number of nitriles is 1. The Bertz CT molecular complexity index is 290. The van der Waals surface area contributed by atoms with Crippen molar-refractivity contribution in [3.05, 3.63) is 16.1 Å². The number of thiazole rings is 1. The van der Waals surface area contributed by atoms with Gasteiger partial charge in [-0.05, 0) is 6.42 Å². The Morgan fingerprint density at radius 1 is 1.69 bits per heavy atom. The topological polar surface area (TPSA) is 45.9 Å². The summed E-state index contributed by atoms with van der Waals surface area (Å²) in [6.07, 6.45) is 1.42. The summed E-state index contributed by atoms with van der Waals surface area (Å²) in [5.74, 6) is 0. The van der Waals surface area contributed by atoms with Crippen LogP contribution in [-0.2, 0) is 17.8 Å². The smallest absolute Gasteiger partial charge is 0.119 e. The zero-order chi connectivity index (χ0) is 9.52. The molecule has 0 saturated carbocycles. The fourth-order valence-electron chi connectivity index (χ4n) is 0.881. The molecule has 0 fully saturated rings. The van der Waals surface area contributed by atoms with Crippen LogP contribution >= 0.6 is 11.3 Å². The van der Waals surface area contributed by atoms with Crippen LogP contribution in [0.1, 0.15) is 24.0 Å². The molecule has 0 spiro atoms. The second-order valence-electron chi connectivity index (χ2n) is 2.62. The fraction of sp³-hybridized carbons (Fsp3) is 0.556. The van der Waals surface area contributed by atoms with E-state index in [4.69, 9.17) is 10.00 Å². The molecule has 1 rings (SSSR count). The highest BCUT2D eigenvalue weighted by Gasteiger charge is 2.00. The lowest BCUT2D eigenvalue weighted by Crippen LogP contribution is -1.93. The minimum Gasteiger partial charge on any atom is -0.374 e. The number of aromatic nitrogens is 1. The third-order valence-corrected chi connectivity index (χ3v) is 2.30. The van der Waals surface area contributed by atoms with Gasteiger partial charge in [-0.3, -0.25) is 0 Å². The Balaban J connectivity index is 2.36. The third kappa shape index (κ3) is 3.53. The molecule has 0 amide bonds. The average molecular weight is 196 g/mol. The van der Waals surface area contributed by atoms with Crippen molar-refractivity contribution >= 4 is 11.3 Å². The van der Waals surface area contributed by atoms with E-state index in [1.54, 1.807) is 11.3 Å². The first-order chi connectivity index (χ1) is 6.36. The molecule has 4 heteroatoms. The normalized spacial score (nSPS) is 9.85. The number of nitrogens with zero attached hydrogens (tertiary/aromatic N) is 2. The van der Waals surface area contributed by atoms with Crippen molar-refractivity contribution in [2.75, 3.05) is 6.61 Å². The monoisotopic (exact) mass is 196 g/mol. The van der Waals surface area contributed by atoms with Gasteiger partial charge in [0.2, 0.25) is 0 Å². The predicted molar refractivity (Wildman–Crippen MR) is 51.4 cm³/mol. The molecule has 13 heavy (non-hydrogen) atoms. The molecule has 0 unspecified atom stereocenters. The second-order valence-corrected chi connectivity index (χ2v) is 3.56. The van der Waals surface area contributed by atoms with Crippen molar-refractivity contribution < 1.29 is 4.74 Å². The summed E-state index contributed by atoms with van der Waals surface area (Å²) in [6, 6.07) is 2.07. The summed E-state index contributed by atoms with van der Waals surface area (Å²) in [5.41, 5.74) is 0.850. The molecule has 1 heterocycles. The first-order valence-electron chi connectivity index (χ1n) is 4.24. The first kappa shape index (κ1) is 10.2. The van der Waals surface area contributed by atoms with Gasteiger partial charge in [0.1, 0.15) is 5.01 Å². The van der Waals surface area contributed by atoms with E-state index >= 15 is 0 Å². The van der Waals surface area contributed by atoms with Crippen LogP contribution in [0.25, 0.3) is 0 Å². The molecule has 0 aliphatic rings. The third-order valence-electron chi connectivity index (χ3n) is 1.43. The van der Waals surface area contributed by atoms with Crippen molar-refractivity contribution in [1.29, 1.82) is 5.26 Å². The maximum atomic E-state index is 8.43. The van der Waals surface area contributed by atoms with Gasteiger partial charge in [0.05, 0.1) is 24.8 Å². The molecule has 0 aliphatic carbocycles. The van der Waals surface area contributed by atoms with Crippen molar-refractivity contribution in [2.45, 2.75) is 26.4 Å². The van der Waals surface area contributed by atoms with Gasteiger partial charge in [-0.25, -0.2) is 4.98 Å². The molecule has 0 radical (unpaired) electrons. The van der Waals surface area contributed by atoms with E-state index in [2.05, 4.69) is 18.0 Å². The van der Waals surface area contributed by atoms with E-state index in [0.717, 1.165) is 23.7 Å². The van der Waals surface area contributed by atoms with Crippen LogP contribution in [0.15, 0.2) is 5.38 Å². The van der Waals surface area contributed by atoms with Crippen LogP contribution in [0.4, 0.5) is 0 Å². The highest BCUT2D eigenvalue weighted by molar-refractivity contribution is 7.09. The molecule has 1 aromatic rings. The Labute approximate surface area is 82.0 Å². The highest BCUT2D eigenvalue weighted by atomic mass is 32.1. The zero-order valence-corrected chi connectivity index (χ0v) is 8.43. The lowest BCUT2D eigenvalue weighted by molar-refractivity contribution is 0.121. The molecular weight excluding hydrogens is 184 g/mol. The first-order valence-corrected chi connectivity index (χ1v) is 5.12. The van der Waals surface area contributed by atoms with Crippen molar-refractivity contribution in [3.8, 4) is 6.07 Å². The van der Waals surface area contributed by atoms with Crippen molar-refractivity contribution in [1.82, 2.24) is 4.98 Å². The molecule has 1 aromatic heterocycles. The Kier molecular flexibility index (Phi) is 4.44. The van der Waals surface area contributed by atoms with E-state index in [1.165, 1.54) is 0 Å². The molecule has 0 atom stereocenters. The molecule has 70 valence electrons. The quantitative estimate of drug-likeness (QED) is 0.678. The minimum atomic E-state index is 0.393. The lowest BCUT2D eigenvalue weighted by atomic mass is 10.4. The maximum Gasteiger partial charge on any atom is 0.119 e. The van der Waals surface area contributed by atoms with E-state index in [-0.39, 0.29) is 0 Å². The van der Waals surface area contributed by atoms with Crippen LogP contribution in [-0.4, -0.2) is 11.6 Å². The molecular formula is C9H12N2OS. The zero-order valence-electron chi connectivity index (χ0n) is 7.62. The number of rotatable bonds is 5. The van der Waals surface area contributed by atoms with E-state index in [9.17, 15) is 0 Å². The Morgan fingerprint density at radius 3 is 3.23 bits per heavy atom. The van der Waals surface area contributed by atoms with Crippen LogP contribution in [0.5, 0.6) is 0 Å². The van der Waals surface area contributed by atoms with Gasteiger partial charge < -0.3 is 4.74 Å². The van der Waals surface area contributed by atoms with Gasteiger partial charge in [-0.15, -0.1) is 11.3 Å². The molecule has 0 aromatic carbocycles. The number of hydrogen-bond acceptors (Lipinski definition) is 4. The van der Waals surface area contributed by atoms with Crippen LogP contribution < -0.4 is 0 Å². The van der Waals surface area contributed by atoms with Gasteiger partial charge in [-0.2, -0.15) is 5.26 Å². The Morgan fingerprint density at radius 2 is 2.54 bits per heavy atom. The summed E-state index contributed by atoms with van der Waals surface area (Å²) in [7, 11) is 0. The average Bonchev–Trinajstić information content (AvgIpc) is 2.54. The summed E-state index contributed by atoms with van der Waals surface area (Å²) >= 11 is 1.55. The van der Waals surface area contributed by atoms with E-state index in [0.29, 0.717) is 13.0 Å². The van der Waals surface area contributed by atoms with Gasteiger partial charge in [0.25, 0.3) is 0 Å². The molecule has 3 nitrogen and oxygen atoms in total. The van der Waals surface area contributed by atoms with Crippen LogP contribution in [0.3, 0.4) is 0 Å². The Hall–Kier alpha value is -0.920. The predicted octanol–water partition coefficient (Wildman–Crippen LogP) is 2.14. The summed E-state index contributed by atoms with van der Waals surface area (Å²) in [4.78, 5) is 4.24. The van der Waals surface area contributed by atoms with Gasteiger partial charge in [0.15, 0.2) is 0 Å². The molecule has 0 bridgehead atoms. The van der Waals surface area contributed by atoms with Crippen molar-refractivity contribution in [3.63, 3.8) is 0 Å². The van der Waals surface area contributed by atoms with Gasteiger partial charge in [-0.1, -0.05) is 6.92 Å². The highest BCUT2D eigenvalue weighted by Crippen LogP contribution is 2.11. The molecule has 0 saturated heterocycles. The molecule has 0 aliphatic heterocycles. The largest absolute Gasteiger partial charge is 0.374 e. The summed E-state index contributed by atoms with van der Waals surface area (Å²) < 4.78 is 5.33. The van der Waals surface area contributed by atoms with Gasteiger partial charge in [0, 0.05) is 12.0 Å². The molecule has 0 N–H and O–H groups in total. The fourth-order valence-corrected chi connectivity index (χ4v) is 1.61. The number of ether oxygens (including phenoxy) is 1. The standard InChI is InChI=1S/C9H12N2OS/c1-2-5-12-6-9-11-8(3-4-10)7-13-9/h7H,2-3,5-6H2,1H3. The number of hydrogen-bond donors (Lipinski definition) is 0. The van der Waals surface area contributed by atoms with Crippen LogP contribution in [0, 0.1) is 11.3 Å². The second kappa shape index (κ2) is 5.68. The summed E-state index contributed by atoms with van der Waals surface area (Å²) in [6.45, 7) is 3.42. The SMILES string of the molecule is CCCOCc1nc(CC#N)cs1.